The molecule has 4 heteroatoms. The van der Waals surface area contributed by atoms with Gasteiger partial charge in [-0.2, -0.15) is 0 Å². The van der Waals surface area contributed by atoms with Crippen LogP contribution in [0.25, 0.3) is 0 Å². The third kappa shape index (κ3) is 2.32. The fourth-order valence-corrected chi connectivity index (χ4v) is 1.45. The molecule has 1 aromatic carbocycles. The summed E-state index contributed by atoms with van der Waals surface area (Å²) in [6.07, 6.45) is 0.368. The molecule has 0 saturated carbocycles. The summed E-state index contributed by atoms with van der Waals surface area (Å²) in [6, 6.07) is 3.78. The lowest BCUT2D eigenvalue weighted by Gasteiger charge is -2.13. The maximum absolute atomic E-state index is 13.4. The smallest absolute Gasteiger partial charge is 0.313 e. The molecule has 0 amide bonds. The van der Waals surface area contributed by atoms with E-state index in [9.17, 15) is 13.6 Å². The van der Waals surface area contributed by atoms with Gasteiger partial charge in [0, 0.05) is 5.56 Å². The standard InChI is InChI=1S/C11H12F2O2/c1-3-7(11(14)15-2)8-5-4-6-9(12)10(8)13/h4-7H,3H2,1-2H3. The van der Waals surface area contributed by atoms with Gasteiger partial charge in [0.15, 0.2) is 11.6 Å². The Morgan fingerprint density at radius 1 is 1.47 bits per heavy atom. The van der Waals surface area contributed by atoms with Gasteiger partial charge in [0.05, 0.1) is 13.0 Å². The summed E-state index contributed by atoms with van der Waals surface area (Å²) in [5, 5.41) is 0. The minimum absolute atomic E-state index is 0.0457. The second-order valence-electron chi connectivity index (χ2n) is 3.13. The Kier molecular flexibility index (Phi) is 3.77. The lowest BCUT2D eigenvalue weighted by atomic mass is 9.96. The molecule has 0 spiro atoms. The van der Waals surface area contributed by atoms with E-state index in [4.69, 9.17) is 0 Å². The summed E-state index contributed by atoms with van der Waals surface area (Å²) in [6.45, 7) is 1.71. The third-order valence-electron chi connectivity index (χ3n) is 2.25. The third-order valence-corrected chi connectivity index (χ3v) is 2.25. The summed E-state index contributed by atoms with van der Waals surface area (Å²) in [7, 11) is 1.22. The molecule has 1 atom stereocenters. The van der Waals surface area contributed by atoms with Crippen molar-refractivity contribution in [3.8, 4) is 0 Å². The first-order chi connectivity index (χ1) is 7.11. The van der Waals surface area contributed by atoms with E-state index in [-0.39, 0.29) is 5.56 Å². The molecule has 2 nitrogen and oxygen atoms in total. The number of hydrogen-bond donors (Lipinski definition) is 0. The number of benzene rings is 1. The van der Waals surface area contributed by atoms with Crippen molar-refractivity contribution in [2.24, 2.45) is 0 Å². The molecule has 0 aliphatic carbocycles. The zero-order valence-corrected chi connectivity index (χ0v) is 8.59. The van der Waals surface area contributed by atoms with Crippen LogP contribution in [0.2, 0.25) is 0 Å². The summed E-state index contributed by atoms with van der Waals surface area (Å²) in [4.78, 5) is 11.3. The first-order valence-corrected chi connectivity index (χ1v) is 4.63. The van der Waals surface area contributed by atoms with Gasteiger partial charge in [-0.15, -0.1) is 0 Å². The fraction of sp³-hybridized carbons (Fsp3) is 0.364. The summed E-state index contributed by atoms with van der Waals surface area (Å²) >= 11 is 0. The minimum atomic E-state index is -0.977. The lowest BCUT2D eigenvalue weighted by Crippen LogP contribution is -2.15. The van der Waals surface area contributed by atoms with E-state index in [2.05, 4.69) is 4.74 Å². The van der Waals surface area contributed by atoms with Crippen molar-refractivity contribution >= 4 is 5.97 Å². The molecular weight excluding hydrogens is 202 g/mol. The van der Waals surface area contributed by atoms with Gasteiger partial charge in [-0.05, 0) is 12.5 Å². The highest BCUT2D eigenvalue weighted by Crippen LogP contribution is 2.24. The van der Waals surface area contributed by atoms with E-state index >= 15 is 0 Å². The Morgan fingerprint density at radius 3 is 2.67 bits per heavy atom. The normalized spacial score (nSPS) is 12.3. The summed E-state index contributed by atoms with van der Waals surface area (Å²) in [5.41, 5.74) is 0.0457. The molecule has 0 aliphatic heterocycles. The van der Waals surface area contributed by atoms with Crippen molar-refractivity contribution in [3.05, 3.63) is 35.4 Å². The van der Waals surface area contributed by atoms with Crippen LogP contribution in [0.1, 0.15) is 24.8 Å². The molecule has 0 N–H and O–H groups in total. The van der Waals surface area contributed by atoms with Gasteiger partial charge in [-0.25, -0.2) is 8.78 Å². The van der Waals surface area contributed by atoms with Gasteiger partial charge in [-0.1, -0.05) is 19.1 Å². The molecule has 1 rings (SSSR count). The van der Waals surface area contributed by atoms with Crippen LogP contribution in [-0.2, 0) is 9.53 Å². The highest BCUT2D eigenvalue weighted by molar-refractivity contribution is 5.78. The number of rotatable bonds is 3. The molecule has 0 aliphatic rings. The molecule has 0 bridgehead atoms. The average Bonchev–Trinajstić information content (AvgIpc) is 2.24. The maximum atomic E-state index is 13.4. The predicted octanol–water partition coefficient (Wildman–Crippen LogP) is 2.63. The number of halogens is 2. The molecule has 0 saturated heterocycles. The monoisotopic (exact) mass is 214 g/mol. The van der Waals surface area contributed by atoms with Gasteiger partial charge >= 0.3 is 5.97 Å². The van der Waals surface area contributed by atoms with Crippen LogP contribution < -0.4 is 0 Å². The van der Waals surface area contributed by atoms with Crippen LogP contribution in [0.4, 0.5) is 8.78 Å². The van der Waals surface area contributed by atoms with Crippen LogP contribution in [0.5, 0.6) is 0 Å². The Bertz CT molecular complexity index is 364. The zero-order chi connectivity index (χ0) is 11.4. The van der Waals surface area contributed by atoms with Gasteiger partial charge in [0.1, 0.15) is 0 Å². The SMILES string of the molecule is CCC(C(=O)OC)c1cccc(F)c1F. The van der Waals surface area contributed by atoms with Crippen molar-refractivity contribution in [1.29, 1.82) is 0 Å². The Balaban J connectivity index is 3.12. The van der Waals surface area contributed by atoms with Crippen LogP contribution in [0, 0.1) is 11.6 Å². The molecule has 82 valence electrons. The predicted molar refractivity (Wildman–Crippen MR) is 51.4 cm³/mol. The van der Waals surface area contributed by atoms with Gasteiger partial charge in [0.2, 0.25) is 0 Å². The van der Waals surface area contributed by atoms with Crippen LogP contribution in [-0.4, -0.2) is 13.1 Å². The van der Waals surface area contributed by atoms with Gasteiger partial charge in [-0.3, -0.25) is 4.79 Å². The largest absolute Gasteiger partial charge is 0.469 e. The Hall–Kier alpha value is -1.45. The number of esters is 1. The zero-order valence-electron chi connectivity index (χ0n) is 8.59. The lowest BCUT2D eigenvalue weighted by molar-refractivity contribution is -0.142. The quantitative estimate of drug-likeness (QED) is 0.723. The van der Waals surface area contributed by atoms with E-state index in [0.29, 0.717) is 6.42 Å². The Labute approximate surface area is 86.9 Å². The number of carbonyl (C=O) groups excluding carboxylic acids is 1. The second-order valence-corrected chi connectivity index (χ2v) is 3.13. The topological polar surface area (TPSA) is 26.3 Å². The first kappa shape index (κ1) is 11.6. The number of methoxy groups -OCH3 is 1. The van der Waals surface area contributed by atoms with E-state index in [1.165, 1.54) is 19.2 Å². The minimum Gasteiger partial charge on any atom is -0.469 e. The fourth-order valence-electron chi connectivity index (χ4n) is 1.45. The molecule has 0 aromatic heterocycles. The van der Waals surface area contributed by atoms with E-state index in [1.54, 1.807) is 6.92 Å². The van der Waals surface area contributed by atoms with Crippen molar-refractivity contribution < 1.29 is 18.3 Å². The summed E-state index contributed by atoms with van der Waals surface area (Å²) < 4.78 is 30.8. The van der Waals surface area contributed by atoms with Crippen molar-refractivity contribution in [2.75, 3.05) is 7.11 Å². The molecular formula is C11H12F2O2. The summed E-state index contributed by atoms with van der Waals surface area (Å²) in [5.74, 6) is -3.22. The van der Waals surface area contributed by atoms with Crippen LogP contribution >= 0.6 is 0 Å². The van der Waals surface area contributed by atoms with Crippen LogP contribution in [0.15, 0.2) is 18.2 Å². The average molecular weight is 214 g/mol. The maximum Gasteiger partial charge on any atom is 0.313 e. The first-order valence-electron chi connectivity index (χ1n) is 4.63. The number of ether oxygens (including phenoxy) is 1. The van der Waals surface area contributed by atoms with E-state index < -0.39 is 23.5 Å². The molecule has 0 radical (unpaired) electrons. The molecule has 1 aromatic rings. The highest BCUT2D eigenvalue weighted by atomic mass is 19.2. The second kappa shape index (κ2) is 4.87. The van der Waals surface area contributed by atoms with Crippen molar-refractivity contribution in [2.45, 2.75) is 19.3 Å². The highest BCUT2D eigenvalue weighted by Gasteiger charge is 2.23. The van der Waals surface area contributed by atoms with E-state index in [0.717, 1.165) is 6.07 Å². The Morgan fingerprint density at radius 2 is 2.13 bits per heavy atom. The van der Waals surface area contributed by atoms with Crippen LogP contribution in [0.3, 0.4) is 0 Å². The van der Waals surface area contributed by atoms with Gasteiger partial charge < -0.3 is 4.74 Å². The molecule has 1 unspecified atom stereocenters. The number of hydrogen-bond acceptors (Lipinski definition) is 2. The van der Waals surface area contributed by atoms with E-state index in [1.807, 2.05) is 0 Å². The molecule has 15 heavy (non-hydrogen) atoms. The van der Waals surface area contributed by atoms with Gasteiger partial charge in [0.25, 0.3) is 0 Å². The number of carbonyl (C=O) groups is 1. The van der Waals surface area contributed by atoms with Crippen molar-refractivity contribution in [1.82, 2.24) is 0 Å². The molecule has 0 fully saturated rings. The van der Waals surface area contributed by atoms with Crippen molar-refractivity contribution in [3.63, 3.8) is 0 Å². The molecule has 0 heterocycles.